The number of rotatable bonds is 6. The van der Waals surface area contributed by atoms with Crippen LogP contribution in [-0.2, 0) is 12.6 Å². The number of alkyl halides is 5. The Bertz CT molecular complexity index is 1290. The van der Waals surface area contributed by atoms with Gasteiger partial charge in [-0.3, -0.25) is 4.79 Å². The number of hydrogen-bond acceptors (Lipinski definition) is 7. The zero-order valence-electron chi connectivity index (χ0n) is 16.4. The molecule has 0 aliphatic carbocycles. The molecule has 0 bridgehead atoms. The number of benzene rings is 1. The average Bonchev–Trinajstić information content (AvgIpc) is 2.74. The summed E-state index contributed by atoms with van der Waals surface area (Å²) in [7, 11) is 1.16. The maximum absolute atomic E-state index is 13.7. The Morgan fingerprint density at radius 3 is 2.55 bits per heavy atom. The van der Waals surface area contributed by atoms with Crippen LogP contribution < -0.4 is 15.0 Å². The van der Waals surface area contributed by atoms with Gasteiger partial charge in [-0.05, 0) is 24.3 Å². The van der Waals surface area contributed by atoms with Crippen LogP contribution in [0.3, 0.4) is 0 Å². The van der Waals surface area contributed by atoms with Gasteiger partial charge in [-0.25, -0.2) is 13.8 Å². The van der Waals surface area contributed by atoms with Crippen molar-refractivity contribution in [1.82, 2.24) is 20.2 Å². The van der Waals surface area contributed by atoms with Crippen LogP contribution in [0.15, 0.2) is 29.1 Å². The van der Waals surface area contributed by atoms with Crippen molar-refractivity contribution in [3.8, 4) is 23.4 Å². The van der Waals surface area contributed by atoms with Gasteiger partial charge in [-0.15, -0.1) is 10.2 Å². The zero-order valence-corrected chi connectivity index (χ0v) is 17.1. The topological polar surface area (TPSA) is 114 Å². The second-order valence-electron chi connectivity index (χ2n) is 6.36. The van der Waals surface area contributed by atoms with Crippen LogP contribution in [0, 0.1) is 11.3 Å². The fourth-order valence-electron chi connectivity index (χ4n) is 2.71. The summed E-state index contributed by atoms with van der Waals surface area (Å²) in [6.45, 7) is 0. The monoisotopic (exact) mass is 487 g/mol. The number of methoxy groups -OCH3 is 1. The maximum atomic E-state index is 13.7. The van der Waals surface area contributed by atoms with Gasteiger partial charge in [0, 0.05) is 17.0 Å². The number of aromatic amines is 1. The first kappa shape index (κ1) is 23.9. The molecule has 172 valence electrons. The van der Waals surface area contributed by atoms with E-state index < -0.39 is 47.5 Å². The van der Waals surface area contributed by atoms with Crippen LogP contribution in [0.1, 0.15) is 34.8 Å². The minimum Gasteiger partial charge on any atom is -0.480 e. The van der Waals surface area contributed by atoms with Gasteiger partial charge >= 0.3 is 6.18 Å². The minimum absolute atomic E-state index is 0.00858. The highest BCUT2D eigenvalue weighted by Crippen LogP contribution is 2.35. The molecule has 0 saturated heterocycles. The second kappa shape index (κ2) is 9.37. The molecule has 0 aliphatic heterocycles. The van der Waals surface area contributed by atoms with E-state index in [4.69, 9.17) is 26.3 Å². The van der Waals surface area contributed by atoms with Crippen molar-refractivity contribution in [2.75, 3.05) is 7.11 Å². The average molecular weight is 488 g/mol. The van der Waals surface area contributed by atoms with E-state index in [0.717, 1.165) is 25.3 Å². The zero-order chi connectivity index (χ0) is 24.3. The summed E-state index contributed by atoms with van der Waals surface area (Å²) >= 11 is 5.81. The van der Waals surface area contributed by atoms with Gasteiger partial charge in [0.05, 0.1) is 18.7 Å². The Balaban J connectivity index is 2.07. The molecule has 33 heavy (non-hydrogen) atoms. The lowest BCUT2D eigenvalue weighted by Gasteiger charge is -2.14. The smallest absolute Gasteiger partial charge is 0.437 e. The van der Waals surface area contributed by atoms with Crippen LogP contribution in [0.2, 0.25) is 5.02 Å². The van der Waals surface area contributed by atoms with Crippen LogP contribution in [-0.4, -0.2) is 27.3 Å². The number of nitrogens with zero attached hydrogens (tertiary/aromatic N) is 4. The summed E-state index contributed by atoms with van der Waals surface area (Å²) in [5.74, 6) is -2.24. The molecule has 0 fully saturated rings. The first-order chi connectivity index (χ1) is 15.5. The molecular formula is C19H11ClF5N5O3. The third-order valence-corrected chi connectivity index (χ3v) is 4.26. The predicted molar refractivity (Wildman–Crippen MR) is 102 cm³/mol. The molecule has 0 radical (unpaired) electrons. The molecule has 0 unspecified atom stereocenters. The van der Waals surface area contributed by atoms with Crippen molar-refractivity contribution in [3.63, 3.8) is 0 Å². The number of H-pyrrole nitrogens is 1. The van der Waals surface area contributed by atoms with E-state index in [-0.39, 0.29) is 27.8 Å². The fourth-order valence-corrected chi connectivity index (χ4v) is 2.93. The number of halogens is 6. The normalized spacial score (nSPS) is 11.4. The number of hydrogen-bond donors (Lipinski definition) is 1. The van der Waals surface area contributed by atoms with Gasteiger partial charge < -0.3 is 14.5 Å². The first-order valence-electron chi connectivity index (χ1n) is 8.79. The fraction of sp³-hybridized carbons (Fsp3) is 0.211. The van der Waals surface area contributed by atoms with Crippen molar-refractivity contribution >= 4 is 11.6 Å². The van der Waals surface area contributed by atoms with E-state index in [1.54, 1.807) is 6.07 Å². The van der Waals surface area contributed by atoms with E-state index in [1.807, 2.05) is 0 Å². The molecule has 0 aliphatic rings. The van der Waals surface area contributed by atoms with Gasteiger partial charge in [-0.2, -0.15) is 18.4 Å². The molecular weight excluding hydrogens is 477 g/mol. The molecule has 14 heteroatoms. The predicted octanol–water partition coefficient (Wildman–Crippen LogP) is 4.43. The standard InChI is InChI=1S/C19H11ClF5N5O3/c1-32-18-9(4-12(16(21)22)29-30-18)5-13-27-15(19(23,24)25)14(17(31)28-13)33-11-3-8(7-26)2-10(20)6-11/h2-4,6,16H,5H2,1H3,(H,27,28,31). The molecule has 3 aromatic rings. The number of aromatic nitrogens is 4. The second-order valence-corrected chi connectivity index (χ2v) is 6.80. The first-order valence-corrected chi connectivity index (χ1v) is 9.17. The Kier molecular flexibility index (Phi) is 6.78. The van der Waals surface area contributed by atoms with Crippen molar-refractivity contribution < 1.29 is 31.4 Å². The van der Waals surface area contributed by atoms with Crippen molar-refractivity contribution in [1.29, 1.82) is 5.26 Å². The molecule has 2 aromatic heterocycles. The Labute approximate surface area is 186 Å². The largest absolute Gasteiger partial charge is 0.480 e. The Morgan fingerprint density at radius 1 is 1.21 bits per heavy atom. The molecule has 0 saturated carbocycles. The number of nitriles is 1. The molecule has 1 N–H and O–H groups in total. The van der Waals surface area contributed by atoms with Crippen LogP contribution in [0.5, 0.6) is 17.4 Å². The van der Waals surface area contributed by atoms with E-state index in [9.17, 15) is 26.7 Å². The Hall–Kier alpha value is -3.79. The van der Waals surface area contributed by atoms with Crippen molar-refractivity contribution in [2.24, 2.45) is 0 Å². The summed E-state index contributed by atoms with van der Waals surface area (Å²) < 4.78 is 76.9. The van der Waals surface area contributed by atoms with Gasteiger partial charge in [0.15, 0.2) is 5.69 Å². The SMILES string of the molecule is COc1nnc(C(F)F)cc1Cc1nc(C(F)(F)F)c(Oc2cc(Cl)cc(C#N)c2)c(=O)[nH]1. The van der Waals surface area contributed by atoms with Gasteiger partial charge in [0.25, 0.3) is 12.0 Å². The van der Waals surface area contributed by atoms with Crippen LogP contribution >= 0.6 is 11.6 Å². The third kappa shape index (κ3) is 5.53. The molecule has 1 aromatic carbocycles. The lowest BCUT2D eigenvalue weighted by molar-refractivity contribution is -0.142. The molecule has 3 rings (SSSR count). The van der Waals surface area contributed by atoms with E-state index in [2.05, 4.69) is 20.2 Å². The maximum Gasteiger partial charge on any atom is 0.437 e. The highest BCUT2D eigenvalue weighted by molar-refractivity contribution is 6.30. The summed E-state index contributed by atoms with van der Waals surface area (Å²) in [5.41, 5.74) is -3.81. The van der Waals surface area contributed by atoms with Gasteiger partial charge in [0.2, 0.25) is 11.6 Å². The van der Waals surface area contributed by atoms with Crippen LogP contribution in [0.4, 0.5) is 22.0 Å². The lowest BCUT2D eigenvalue weighted by Crippen LogP contribution is -2.22. The molecule has 0 amide bonds. The summed E-state index contributed by atoms with van der Waals surface area (Å²) in [6.07, 6.45) is -8.65. The van der Waals surface area contributed by atoms with Crippen molar-refractivity contribution in [3.05, 3.63) is 68.0 Å². The summed E-state index contributed by atoms with van der Waals surface area (Å²) in [4.78, 5) is 18.0. The molecule has 0 spiro atoms. The van der Waals surface area contributed by atoms with E-state index in [1.165, 1.54) is 6.07 Å². The summed E-state index contributed by atoms with van der Waals surface area (Å²) in [5, 5.41) is 15.7. The van der Waals surface area contributed by atoms with E-state index >= 15 is 0 Å². The molecule has 0 atom stereocenters. The van der Waals surface area contributed by atoms with Gasteiger partial charge in [0.1, 0.15) is 17.3 Å². The number of nitrogens with one attached hydrogen (secondary N) is 1. The third-order valence-electron chi connectivity index (χ3n) is 4.04. The summed E-state index contributed by atoms with van der Waals surface area (Å²) in [6, 6.07) is 6.06. The number of ether oxygens (including phenoxy) is 2. The van der Waals surface area contributed by atoms with Crippen molar-refractivity contribution in [2.45, 2.75) is 19.0 Å². The molecule has 8 nitrogen and oxygen atoms in total. The quantitative estimate of drug-likeness (QED) is 0.511. The lowest BCUT2D eigenvalue weighted by atomic mass is 10.1. The minimum atomic E-state index is -5.12. The highest BCUT2D eigenvalue weighted by atomic mass is 35.5. The highest BCUT2D eigenvalue weighted by Gasteiger charge is 2.39. The van der Waals surface area contributed by atoms with E-state index in [0.29, 0.717) is 0 Å². The Morgan fingerprint density at radius 2 is 1.94 bits per heavy atom. The van der Waals surface area contributed by atoms with Crippen LogP contribution in [0.25, 0.3) is 0 Å². The van der Waals surface area contributed by atoms with Gasteiger partial charge in [-0.1, -0.05) is 11.6 Å². The molecule has 2 heterocycles.